The summed E-state index contributed by atoms with van der Waals surface area (Å²) in [4.78, 5) is 10.6. The van der Waals surface area contributed by atoms with Crippen LogP contribution in [0, 0.1) is 0 Å². The minimum absolute atomic E-state index is 0.412. The van der Waals surface area contributed by atoms with Gasteiger partial charge in [0.25, 0.3) is 0 Å². The maximum absolute atomic E-state index is 10.6. The van der Waals surface area contributed by atoms with Gasteiger partial charge >= 0.3 is 5.97 Å². The predicted octanol–water partition coefficient (Wildman–Crippen LogP) is 5.91. The number of esters is 1. The van der Waals surface area contributed by atoms with Crippen molar-refractivity contribution in [3.05, 3.63) is 12.2 Å². The molecular formula is C20H38O3. The van der Waals surface area contributed by atoms with Crippen LogP contribution in [0.1, 0.15) is 104 Å². The van der Waals surface area contributed by atoms with Crippen molar-refractivity contribution in [2.24, 2.45) is 0 Å². The van der Waals surface area contributed by atoms with Gasteiger partial charge in [0.15, 0.2) is 0 Å². The van der Waals surface area contributed by atoms with E-state index in [2.05, 4.69) is 23.8 Å². The van der Waals surface area contributed by atoms with Crippen LogP contribution >= 0.6 is 0 Å². The van der Waals surface area contributed by atoms with Crippen molar-refractivity contribution in [2.75, 3.05) is 0 Å². The zero-order valence-corrected chi connectivity index (χ0v) is 15.4. The first kappa shape index (κ1) is 22.2. The van der Waals surface area contributed by atoms with Crippen LogP contribution in [0.25, 0.3) is 0 Å². The molecule has 0 aromatic rings. The van der Waals surface area contributed by atoms with Gasteiger partial charge in [-0.3, -0.25) is 4.79 Å². The Morgan fingerprint density at radius 1 is 0.870 bits per heavy atom. The van der Waals surface area contributed by atoms with Crippen LogP contribution in [0.4, 0.5) is 0 Å². The summed E-state index contributed by atoms with van der Waals surface area (Å²) in [6, 6.07) is 0. The molecule has 0 rings (SSSR count). The van der Waals surface area contributed by atoms with Gasteiger partial charge in [-0.1, -0.05) is 70.4 Å². The molecule has 23 heavy (non-hydrogen) atoms. The van der Waals surface area contributed by atoms with Crippen LogP contribution in [0.3, 0.4) is 0 Å². The number of rotatable bonds is 16. The first-order valence-corrected chi connectivity index (χ1v) is 9.67. The van der Waals surface area contributed by atoms with Gasteiger partial charge in [0, 0.05) is 13.3 Å². The molecule has 0 saturated carbocycles. The zero-order valence-electron chi connectivity index (χ0n) is 15.4. The third-order valence-corrected chi connectivity index (χ3v) is 4.01. The highest BCUT2D eigenvalue weighted by molar-refractivity contribution is 5.65. The number of ether oxygens (including phenoxy) is 1. The Morgan fingerprint density at radius 2 is 1.35 bits per heavy atom. The molecule has 3 nitrogen and oxygen atoms in total. The van der Waals surface area contributed by atoms with E-state index in [0.717, 1.165) is 12.8 Å². The van der Waals surface area contributed by atoms with Crippen molar-refractivity contribution in [2.45, 2.75) is 110 Å². The Kier molecular flexibility index (Phi) is 16.9. The first-order valence-electron chi connectivity index (χ1n) is 9.67. The molecule has 0 aromatic carbocycles. The molecular weight excluding hydrogens is 288 g/mol. The van der Waals surface area contributed by atoms with Crippen LogP contribution in [-0.2, 0) is 9.53 Å². The Labute approximate surface area is 143 Å². The summed E-state index contributed by atoms with van der Waals surface area (Å²) in [5.41, 5.74) is 0. The van der Waals surface area contributed by atoms with Crippen LogP contribution in [0.2, 0.25) is 0 Å². The van der Waals surface area contributed by atoms with E-state index in [-0.39, 0.29) is 0 Å². The molecule has 1 atom stereocenters. The lowest BCUT2D eigenvalue weighted by atomic mass is 10.1. The number of allylic oxidation sites excluding steroid dienone is 2. The fraction of sp³-hybridized carbons (Fsp3) is 0.850. The Morgan fingerprint density at radius 3 is 1.87 bits per heavy atom. The summed E-state index contributed by atoms with van der Waals surface area (Å²) in [6.07, 6.45) is 20.7. The molecule has 0 aliphatic carbocycles. The molecule has 1 unspecified atom stereocenters. The van der Waals surface area contributed by atoms with Gasteiger partial charge in [-0.05, 0) is 32.1 Å². The Hall–Kier alpha value is -0.830. The first-order chi connectivity index (χ1) is 11.2. The van der Waals surface area contributed by atoms with E-state index < -0.39 is 12.3 Å². The largest absolute Gasteiger partial charge is 0.436 e. The minimum atomic E-state index is -0.919. The summed E-state index contributed by atoms with van der Waals surface area (Å²) < 4.78 is 4.68. The van der Waals surface area contributed by atoms with E-state index in [9.17, 15) is 9.90 Å². The summed E-state index contributed by atoms with van der Waals surface area (Å²) in [6.45, 7) is 3.58. The second-order valence-corrected chi connectivity index (χ2v) is 6.44. The van der Waals surface area contributed by atoms with Crippen molar-refractivity contribution < 1.29 is 14.6 Å². The van der Waals surface area contributed by atoms with E-state index in [1.165, 1.54) is 77.6 Å². The summed E-state index contributed by atoms with van der Waals surface area (Å²) in [5, 5.41) is 9.37. The van der Waals surface area contributed by atoms with Gasteiger partial charge in [0.1, 0.15) is 0 Å². The molecule has 0 saturated heterocycles. The molecule has 0 heterocycles. The standard InChI is InChI=1S/C20H38O3/c1-3-4-5-6-7-8-9-10-11-12-13-14-15-16-17-18-20(22)23-19(2)21/h10-11,20,22H,3-9,12-18H2,1-2H3/b11-10+. The third kappa shape index (κ3) is 19.1. The van der Waals surface area contributed by atoms with Gasteiger partial charge in [-0.2, -0.15) is 0 Å². The molecule has 0 aromatic heterocycles. The van der Waals surface area contributed by atoms with Crippen LogP contribution in [0.15, 0.2) is 12.2 Å². The summed E-state index contributed by atoms with van der Waals surface area (Å²) in [7, 11) is 0. The maximum Gasteiger partial charge on any atom is 0.304 e. The molecule has 0 fully saturated rings. The number of carbonyl (C=O) groups excluding carboxylic acids is 1. The van der Waals surface area contributed by atoms with Crippen LogP contribution < -0.4 is 0 Å². The average Bonchev–Trinajstić information content (AvgIpc) is 2.50. The second-order valence-electron chi connectivity index (χ2n) is 6.44. The zero-order chi connectivity index (χ0) is 17.2. The Balaban J connectivity index is 3.17. The predicted molar refractivity (Wildman–Crippen MR) is 97.2 cm³/mol. The fourth-order valence-electron chi connectivity index (χ4n) is 2.64. The van der Waals surface area contributed by atoms with Gasteiger partial charge < -0.3 is 9.84 Å². The quantitative estimate of drug-likeness (QED) is 0.166. The number of carbonyl (C=O) groups is 1. The topological polar surface area (TPSA) is 46.5 Å². The molecule has 0 aliphatic rings. The number of hydrogen-bond acceptors (Lipinski definition) is 3. The molecule has 1 N–H and O–H groups in total. The van der Waals surface area contributed by atoms with Gasteiger partial charge in [-0.25, -0.2) is 0 Å². The molecule has 136 valence electrons. The highest BCUT2D eigenvalue weighted by atomic mass is 16.6. The number of hydrogen-bond donors (Lipinski definition) is 1. The van der Waals surface area contributed by atoms with Crippen molar-refractivity contribution >= 4 is 5.97 Å². The van der Waals surface area contributed by atoms with E-state index >= 15 is 0 Å². The smallest absolute Gasteiger partial charge is 0.304 e. The number of aliphatic hydroxyl groups is 1. The molecule has 0 spiro atoms. The molecule has 0 amide bonds. The number of aliphatic hydroxyl groups excluding tert-OH is 1. The highest BCUT2D eigenvalue weighted by Crippen LogP contribution is 2.11. The SMILES string of the molecule is CCCCCCCC/C=C/CCCCCCCC(O)OC(C)=O. The molecule has 0 bridgehead atoms. The molecule has 0 radical (unpaired) electrons. The van der Waals surface area contributed by atoms with E-state index in [4.69, 9.17) is 0 Å². The lowest BCUT2D eigenvalue weighted by Crippen LogP contribution is -2.14. The normalized spacial score (nSPS) is 12.7. The van der Waals surface area contributed by atoms with Gasteiger partial charge in [-0.15, -0.1) is 0 Å². The number of unbranched alkanes of at least 4 members (excludes halogenated alkanes) is 11. The van der Waals surface area contributed by atoms with Crippen molar-refractivity contribution in [1.29, 1.82) is 0 Å². The third-order valence-electron chi connectivity index (χ3n) is 4.01. The fourth-order valence-corrected chi connectivity index (χ4v) is 2.64. The van der Waals surface area contributed by atoms with Gasteiger partial charge in [0.2, 0.25) is 6.29 Å². The van der Waals surface area contributed by atoms with E-state index in [1.54, 1.807) is 0 Å². The summed E-state index contributed by atoms with van der Waals surface area (Å²) >= 11 is 0. The molecule has 3 heteroatoms. The van der Waals surface area contributed by atoms with Gasteiger partial charge in [0.05, 0.1) is 0 Å². The monoisotopic (exact) mass is 326 g/mol. The van der Waals surface area contributed by atoms with E-state index in [1.807, 2.05) is 0 Å². The highest BCUT2D eigenvalue weighted by Gasteiger charge is 2.05. The summed E-state index contributed by atoms with van der Waals surface area (Å²) in [5.74, 6) is -0.412. The minimum Gasteiger partial charge on any atom is -0.436 e. The second kappa shape index (κ2) is 17.5. The lowest BCUT2D eigenvalue weighted by molar-refractivity contribution is -0.165. The molecule has 0 aliphatic heterocycles. The lowest BCUT2D eigenvalue weighted by Gasteiger charge is -2.09. The van der Waals surface area contributed by atoms with Crippen molar-refractivity contribution in [3.63, 3.8) is 0 Å². The maximum atomic E-state index is 10.6. The average molecular weight is 327 g/mol. The van der Waals surface area contributed by atoms with E-state index in [0.29, 0.717) is 6.42 Å². The van der Waals surface area contributed by atoms with Crippen molar-refractivity contribution in [3.8, 4) is 0 Å². The Bertz CT molecular complexity index is 287. The van der Waals surface area contributed by atoms with Crippen molar-refractivity contribution in [1.82, 2.24) is 0 Å². The van der Waals surface area contributed by atoms with Crippen LogP contribution in [0.5, 0.6) is 0 Å². The van der Waals surface area contributed by atoms with Crippen LogP contribution in [-0.4, -0.2) is 17.4 Å².